The number of rotatable bonds is 5. The Morgan fingerprint density at radius 1 is 0.304 bits per heavy atom. The van der Waals surface area contributed by atoms with E-state index in [1.54, 1.807) is 0 Å². The molecule has 0 fully saturated rings. The molecule has 1 aliphatic rings. The first-order valence-corrected chi connectivity index (χ1v) is 19.2. The van der Waals surface area contributed by atoms with Gasteiger partial charge in [0.05, 0.1) is 5.69 Å². The zero-order valence-electron chi connectivity index (χ0n) is 30.6. The highest BCUT2D eigenvalue weighted by molar-refractivity contribution is 6.15. The van der Waals surface area contributed by atoms with Crippen LogP contribution in [0.25, 0.3) is 76.8 Å². The minimum atomic E-state index is 0.848. The summed E-state index contributed by atoms with van der Waals surface area (Å²) in [6, 6.07) is 76.4. The summed E-state index contributed by atoms with van der Waals surface area (Å²) in [5, 5.41) is 7.18. The molecule has 262 valence electrons. The van der Waals surface area contributed by atoms with Crippen molar-refractivity contribution < 1.29 is 4.74 Å². The van der Waals surface area contributed by atoms with Gasteiger partial charge in [-0.1, -0.05) is 164 Å². The van der Waals surface area contributed by atoms with E-state index in [4.69, 9.17) is 4.74 Å². The van der Waals surface area contributed by atoms with Gasteiger partial charge < -0.3 is 9.64 Å². The Bertz CT molecular complexity index is 3100. The van der Waals surface area contributed by atoms with Crippen molar-refractivity contribution in [3.63, 3.8) is 0 Å². The van der Waals surface area contributed by atoms with Crippen LogP contribution in [0.5, 0.6) is 11.5 Å². The number of benzene rings is 10. The van der Waals surface area contributed by atoms with Crippen LogP contribution in [0.15, 0.2) is 212 Å². The first kappa shape index (κ1) is 32.0. The van der Waals surface area contributed by atoms with E-state index >= 15 is 0 Å². The lowest BCUT2D eigenvalue weighted by atomic mass is 9.90. The standard InChI is InChI=1S/C54H35NO/c1-3-13-36(14-4-1)38-23-28-42(29-24-38)55(51-33-41-17-7-8-18-44(41)45-19-9-11-21-47(45)51)43-30-25-39-27-32-52-54(50(39)35-43)49-22-12-10-20-46(49)48-31-26-40(34-53(48)56-52)37-15-5-2-6-16-37/h1-35H. The van der Waals surface area contributed by atoms with Crippen LogP contribution in [-0.4, -0.2) is 0 Å². The van der Waals surface area contributed by atoms with Gasteiger partial charge in [-0.25, -0.2) is 0 Å². The van der Waals surface area contributed by atoms with Gasteiger partial charge in [0.2, 0.25) is 0 Å². The Morgan fingerprint density at radius 2 is 0.893 bits per heavy atom. The van der Waals surface area contributed by atoms with Crippen LogP contribution in [0.1, 0.15) is 0 Å². The quantitative estimate of drug-likeness (QED) is 0.165. The lowest BCUT2D eigenvalue weighted by molar-refractivity contribution is 0.488. The van der Waals surface area contributed by atoms with Crippen LogP contribution < -0.4 is 9.64 Å². The highest BCUT2D eigenvalue weighted by Gasteiger charge is 2.25. The first-order valence-electron chi connectivity index (χ1n) is 19.2. The van der Waals surface area contributed by atoms with Crippen molar-refractivity contribution in [2.24, 2.45) is 0 Å². The number of fused-ring (bicyclic) bond motifs is 10. The molecule has 0 saturated carbocycles. The zero-order valence-corrected chi connectivity index (χ0v) is 30.6. The fourth-order valence-electron chi connectivity index (χ4n) is 8.56. The van der Waals surface area contributed by atoms with Crippen molar-refractivity contribution in [2.75, 3.05) is 4.90 Å². The van der Waals surface area contributed by atoms with Crippen molar-refractivity contribution >= 4 is 49.4 Å². The third-order valence-corrected chi connectivity index (χ3v) is 11.2. The van der Waals surface area contributed by atoms with E-state index in [9.17, 15) is 0 Å². The number of anilines is 3. The SMILES string of the molecule is c1ccc(-c2ccc(N(c3ccc4ccc5c(c4c3)-c3ccccc3-c3ccc(-c4ccccc4)cc3O5)c3cc4ccccc4c4ccccc34)cc2)cc1. The molecule has 2 nitrogen and oxygen atoms in total. The topological polar surface area (TPSA) is 12.5 Å². The van der Waals surface area contributed by atoms with E-state index in [0.29, 0.717) is 0 Å². The average molecular weight is 714 g/mol. The predicted octanol–water partition coefficient (Wildman–Crippen LogP) is 15.4. The Balaban J connectivity index is 1.14. The van der Waals surface area contributed by atoms with Gasteiger partial charge in [-0.2, -0.15) is 0 Å². The molecule has 1 aliphatic heterocycles. The Kier molecular flexibility index (Phi) is 7.53. The predicted molar refractivity (Wildman–Crippen MR) is 235 cm³/mol. The molecular weight excluding hydrogens is 679 g/mol. The van der Waals surface area contributed by atoms with Crippen molar-refractivity contribution in [1.29, 1.82) is 0 Å². The smallest absolute Gasteiger partial charge is 0.135 e. The molecule has 10 aromatic rings. The van der Waals surface area contributed by atoms with Gasteiger partial charge in [-0.15, -0.1) is 0 Å². The van der Waals surface area contributed by atoms with Crippen molar-refractivity contribution in [1.82, 2.24) is 0 Å². The molecule has 0 spiro atoms. The molecule has 0 atom stereocenters. The Labute approximate surface area is 326 Å². The van der Waals surface area contributed by atoms with E-state index < -0.39 is 0 Å². The van der Waals surface area contributed by atoms with Crippen LogP contribution >= 0.6 is 0 Å². The van der Waals surface area contributed by atoms with Crippen LogP contribution in [0.3, 0.4) is 0 Å². The highest BCUT2D eigenvalue weighted by Crippen LogP contribution is 2.51. The van der Waals surface area contributed by atoms with E-state index in [-0.39, 0.29) is 0 Å². The summed E-state index contributed by atoms with van der Waals surface area (Å²) in [4.78, 5) is 2.42. The first-order chi connectivity index (χ1) is 27.8. The second kappa shape index (κ2) is 13.2. The minimum absolute atomic E-state index is 0.848. The molecule has 10 aromatic carbocycles. The van der Waals surface area contributed by atoms with Gasteiger partial charge in [0, 0.05) is 27.9 Å². The van der Waals surface area contributed by atoms with Crippen molar-refractivity contribution in [2.45, 2.75) is 0 Å². The monoisotopic (exact) mass is 713 g/mol. The van der Waals surface area contributed by atoms with Crippen LogP contribution in [0.4, 0.5) is 17.1 Å². The maximum atomic E-state index is 6.97. The van der Waals surface area contributed by atoms with Gasteiger partial charge >= 0.3 is 0 Å². The van der Waals surface area contributed by atoms with Crippen molar-refractivity contribution in [3.05, 3.63) is 212 Å². The molecule has 11 rings (SSSR count). The normalized spacial score (nSPS) is 11.7. The average Bonchev–Trinajstić information content (AvgIpc) is 3.41. The maximum Gasteiger partial charge on any atom is 0.135 e. The lowest BCUT2D eigenvalue weighted by Gasteiger charge is -2.28. The van der Waals surface area contributed by atoms with Gasteiger partial charge in [0.1, 0.15) is 11.5 Å². The van der Waals surface area contributed by atoms with Gasteiger partial charge in [0.25, 0.3) is 0 Å². The third kappa shape index (κ3) is 5.34. The summed E-state index contributed by atoms with van der Waals surface area (Å²) in [5.41, 5.74) is 12.5. The number of nitrogens with zero attached hydrogens (tertiary/aromatic N) is 1. The summed E-state index contributed by atoms with van der Waals surface area (Å²) in [6.07, 6.45) is 0. The van der Waals surface area contributed by atoms with E-state index in [1.807, 2.05) is 0 Å². The van der Waals surface area contributed by atoms with Gasteiger partial charge in [-0.3, -0.25) is 0 Å². The van der Waals surface area contributed by atoms with Crippen LogP contribution in [0, 0.1) is 0 Å². The van der Waals surface area contributed by atoms with Gasteiger partial charge in [0.15, 0.2) is 0 Å². The molecule has 0 unspecified atom stereocenters. The molecule has 0 bridgehead atoms. The number of hydrogen-bond acceptors (Lipinski definition) is 2. The molecule has 1 heterocycles. The number of ether oxygens (including phenoxy) is 1. The molecule has 0 aromatic heterocycles. The van der Waals surface area contributed by atoms with E-state index in [2.05, 4.69) is 217 Å². The third-order valence-electron chi connectivity index (χ3n) is 11.2. The Morgan fingerprint density at radius 3 is 1.68 bits per heavy atom. The molecule has 0 aliphatic carbocycles. The maximum absolute atomic E-state index is 6.97. The Hall–Kier alpha value is -7.42. The summed E-state index contributed by atoms with van der Waals surface area (Å²) >= 11 is 0. The van der Waals surface area contributed by atoms with E-state index in [1.165, 1.54) is 32.7 Å². The second-order valence-electron chi connectivity index (χ2n) is 14.5. The molecular formula is C54H35NO. The van der Waals surface area contributed by atoms with Crippen LogP contribution in [-0.2, 0) is 0 Å². The largest absolute Gasteiger partial charge is 0.456 e. The fraction of sp³-hybridized carbons (Fsp3) is 0. The molecule has 2 heteroatoms. The fourth-order valence-corrected chi connectivity index (χ4v) is 8.56. The molecule has 0 amide bonds. The molecule has 56 heavy (non-hydrogen) atoms. The molecule has 0 N–H and O–H groups in total. The second-order valence-corrected chi connectivity index (χ2v) is 14.5. The summed E-state index contributed by atoms with van der Waals surface area (Å²) in [5.74, 6) is 1.71. The molecule has 0 saturated heterocycles. The number of hydrogen-bond donors (Lipinski definition) is 0. The van der Waals surface area contributed by atoms with Crippen LogP contribution in [0.2, 0.25) is 0 Å². The minimum Gasteiger partial charge on any atom is -0.456 e. The summed E-state index contributed by atoms with van der Waals surface area (Å²) in [7, 11) is 0. The van der Waals surface area contributed by atoms with Gasteiger partial charge in [-0.05, 0) is 109 Å². The zero-order chi connectivity index (χ0) is 37.0. The summed E-state index contributed by atoms with van der Waals surface area (Å²) in [6.45, 7) is 0. The van der Waals surface area contributed by atoms with E-state index in [0.717, 1.165) is 72.7 Å². The van der Waals surface area contributed by atoms with Crippen molar-refractivity contribution in [3.8, 4) is 56.0 Å². The summed E-state index contributed by atoms with van der Waals surface area (Å²) < 4.78 is 6.97. The highest BCUT2D eigenvalue weighted by atomic mass is 16.5. The lowest BCUT2D eigenvalue weighted by Crippen LogP contribution is -2.10. The molecule has 0 radical (unpaired) electrons.